The second-order valence-electron chi connectivity index (χ2n) is 3.79. The Kier molecular flexibility index (Phi) is 4.90. The van der Waals surface area contributed by atoms with E-state index in [-0.39, 0.29) is 11.8 Å². The third-order valence-electron chi connectivity index (χ3n) is 1.30. The maximum atomic E-state index is 10.2. The highest BCUT2D eigenvalue weighted by atomic mass is 16.5. The SMILES string of the molecule is CCCC(NC=O)OC(C)(C)C. The van der Waals surface area contributed by atoms with Crippen molar-refractivity contribution in [1.82, 2.24) is 5.32 Å². The lowest BCUT2D eigenvalue weighted by atomic mass is 10.2. The van der Waals surface area contributed by atoms with Crippen LogP contribution in [0.5, 0.6) is 0 Å². The van der Waals surface area contributed by atoms with E-state index < -0.39 is 0 Å². The summed E-state index contributed by atoms with van der Waals surface area (Å²) in [6.45, 7) is 7.98. The first-order valence-electron chi connectivity index (χ1n) is 4.37. The third kappa shape index (κ3) is 6.16. The summed E-state index contributed by atoms with van der Waals surface area (Å²) in [7, 11) is 0. The number of ether oxygens (including phenoxy) is 1. The standard InChI is InChI=1S/C9H19NO2/c1-5-6-8(10-7-11)12-9(2,3)4/h7-8H,5-6H2,1-4H3,(H,10,11). The molecule has 1 unspecified atom stereocenters. The van der Waals surface area contributed by atoms with Gasteiger partial charge in [0.2, 0.25) is 6.41 Å². The summed E-state index contributed by atoms with van der Waals surface area (Å²) in [4.78, 5) is 10.2. The Balaban J connectivity index is 3.85. The first kappa shape index (κ1) is 11.4. The van der Waals surface area contributed by atoms with Gasteiger partial charge in [-0.05, 0) is 27.2 Å². The Morgan fingerprint density at radius 3 is 2.42 bits per heavy atom. The van der Waals surface area contributed by atoms with Gasteiger partial charge in [0.05, 0.1) is 5.60 Å². The summed E-state index contributed by atoms with van der Waals surface area (Å²) in [6, 6.07) is 0. The molecule has 0 saturated heterocycles. The van der Waals surface area contributed by atoms with Crippen LogP contribution in [0.3, 0.4) is 0 Å². The number of hydrogen-bond acceptors (Lipinski definition) is 2. The number of hydrogen-bond donors (Lipinski definition) is 1. The van der Waals surface area contributed by atoms with Crippen LogP contribution in [0.4, 0.5) is 0 Å². The number of carbonyl (C=O) groups is 1. The molecule has 0 saturated carbocycles. The summed E-state index contributed by atoms with van der Waals surface area (Å²) >= 11 is 0. The number of rotatable bonds is 5. The van der Waals surface area contributed by atoms with Crippen molar-refractivity contribution in [2.75, 3.05) is 0 Å². The van der Waals surface area contributed by atoms with Gasteiger partial charge in [0, 0.05) is 0 Å². The summed E-state index contributed by atoms with van der Waals surface area (Å²) < 4.78 is 5.58. The minimum Gasteiger partial charge on any atom is -0.353 e. The maximum Gasteiger partial charge on any atom is 0.209 e. The minimum atomic E-state index is -0.199. The fourth-order valence-corrected chi connectivity index (χ4v) is 0.941. The zero-order valence-corrected chi connectivity index (χ0v) is 8.39. The molecule has 3 heteroatoms. The molecule has 1 amide bonds. The summed E-state index contributed by atoms with van der Waals surface area (Å²) in [5.74, 6) is 0. The second-order valence-corrected chi connectivity index (χ2v) is 3.79. The Morgan fingerprint density at radius 1 is 1.50 bits per heavy atom. The Morgan fingerprint density at radius 2 is 2.08 bits per heavy atom. The molecule has 1 atom stereocenters. The van der Waals surface area contributed by atoms with Crippen LogP contribution in [0.15, 0.2) is 0 Å². The highest BCUT2D eigenvalue weighted by molar-refractivity contribution is 5.46. The molecule has 0 rings (SSSR count). The smallest absolute Gasteiger partial charge is 0.209 e. The minimum absolute atomic E-state index is 0.146. The van der Waals surface area contributed by atoms with Gasteiger partial charge in [0.15, 0.2) is 0 Å². The lowest BCUT2D eigenvalue weighted by molar-refractivity contribution is -0.120. The van der Waals surface area contributed by atoms with Crippen LogP contribution < -0.4 is 5.32 Å². The third-order valence-corrected chi connectivity index (χ3v) is 1.30. The summed E-state index contributed by atoms with van der Waals surface area (Å²) in [5, 5.41) is 2.64. The molecular weight excluding hydrogens is 154 g/mol. The van der Waals surface area contributed by atoms with E-state index in [0.29, 0.717) is 6.41 Å². The molecule has 0 heterocycles. The fraction of sp³-hybridized carbons (Fsp3) is 0.889. The zero-order chi connectivity index (χ0) is 9.61. The Labute approximate surface area is 74.5 Å². The molecule has 12 heavy (non-hydrogen) atoms. The Hall–Kier alpha value is -0.570. The number of nitrogens with one attached hydrogen (secondary N) is 1. The largest absolute Gasteiger partial charge is 0.353 e. The van der Waals surface area contributed by atoms with Crippen LogP contribution in [0.2, 0.25) is 0 Å². The van der Waals surface area contributed by atoms with Crippen molar-refractivity contribution < 1.29 is 9.53 Å². The molecule has 0 aromatic rings. The predicted molar refractivity (Wildman–Crippen MR) is 48.7 cm³/mol. The van der Waals surface area contributed by atoms with E-state index >= 15 is 0 Å². The molecule has 0 aromatic carbocycles. The van der Waals surface area contributed by atoms with E-state index in [1.54, 1.807) is 0 Å². The molecule has 0 bridgehead atoms. The van der Waals surface area contributed by atoms with E-state index in [9.17, 15) is 4.79 Å². The van der Waals surface area contributed by atoms with Crippen molar-refractivity contribution in [3.63, 3.8) is 0 Å². The zero-order valence-electron chi connectivity index (χ0n) is 8.39. The van der Waals surface area contributed by atoms with E-state index in [1.807, 2.05) is 20.8 Å². The molecule has 0 aliphatic carbocycles. The fourth-order valence-electron chi connectivity index (χ4n) is 0.941. The van der Waals surface area contributed by atoms with Crippen molar-refractivity contribution in [1.29, 1.82) is 0 Å². The van der Waals surface area contributed by atoms with Gasteiger partial charge in [-0.2, -0.15) is 0 Å². The molecule has 3 nitrogen and oxygen atoms in total. The molecular formula is C9H19NO2. The van der Waals surface area contributed by atoms with E-state index in [4.69, 9.17) is 4.74 Å². The molecule has 0 aliphatic rings. The highest BCUT2D eigenvalue weighted by Crippen LogP contribution is 2.11. The van der Waals surface area contributed by atoms with Crippen molar-refractivity contribution >= 4 is 6.41 Å². The van der Waals surface area contributed by atoms with E-state index in [0.717, 1.165) is 12.8 Å². The first-order valence-corrected chi connectivity index (χ1v) is 4.37. The van der Waals surface area contributed by atoms with Crippen molar-refractivity contribution in [2.24, 2.45) is 0 Å². The monoisotopic (exact) mass is 173 g/mol. The molecule has 0 radical (unpaired) electrons. The van der Waals surface area contributed by atoms with Gasteiger partial charge in [-0.25, -0.2) is 0 Å². The van der Waals surface area contributed by atoms with Gasteiger partial charge in [-0.15, -0.1) is 0 Å². The summed E-state index contributed by atoms with van der Waals surface area (Å²) in [6.07, 6.45) is 2.40. The topological polar surface area (TPSA) is 38.3 Å². The van der Waals surface area contributed by atoms with E-state index in [2.05, 4.69) is 12.2 Å². The van der Waals surface area contributed by atoms with Crippen molar-refractivity contribution in [3.05, 3.63) is 0 Å². The highest BCUT2D eigenvalue weighted by Gasteiger charge is 2.16. The number of amides is 1. The van der Waals surface area contributed by atoms with E-state index in [1.165, 1.54) is 0 Å². The molecule has 1 N–H and O–H groups in total. The maximum absolute atomic E-state index is 10.2. The van der Waals surface area contributed by atoms with Gasteiger partial charge >= 0.3 is 0 Å². The quantitative estimate of drug-likeness (QED) is 0.507. The van der Waals surface area contributed by atoms with Gasteiger partial charge in [0.25, 0.3) is 0 Å². The number of carbonyl (C=O) groups excluding carboxylic acids is 1. The average Bonchev–Trinajstić information content (AvgIpc) is 1.84. The lowest BCUT2D eigenvalue weighted by Crippen LogP contribution is -2.37. The van der Waals surface area contributed by atoms with Gasteiger partial charge in [-0.1, -0.05) is 13.3 Å². The van der Waals surface area contributed by atoms with Crippen LogP contribution in [-0.4, -0.2) is 18.2 Å². The predicted octanol–water partition coefficient (Wildman–Crippen LogP) is 1.67. The van der Waals surface area contributed by atoms with Crippen LogP contribution in [0, 0.1) is 0 Å². The molecule has 0 spiro atoms. The van der Waals surface area contributed by atoms with Gasteiger partial charge in [-0.3, -0.25) is 4.79 Å². The first-order chi connectivity index (χ1) is 5.49. The molecule has 0 aromatic heterocycles. The molecule has 0 fully saturated rings. The molecule has 72 valence electrons. The normalized spacial score (nSPS) is 14.0. The lowest BCUT2D eigenvalue weighted by Gasteiger charge is -2.26. The van der Waals surface area contributed by atoms with Gasteiger partial charge < -0.3 is 10.1 Å². The van der Waals surface area contributed by atoms with Crippen LogP contribution >= 0.6 is 0 Å². The second kappa shape index (κ2) is 5.14. The average molecular weight is 173 g/mol. The van der Waals surface area contributed by atoms with Crippen molar-refractivity contribution in [3.8, 4) is 0 Å². The Bertz CT molecular complexity index is 129. The summed E-state index contributed by atoms with van der Waals surface area (Å²) in [5.41, 5.74) is -0.199. The van der Waals surface area contributed by atoms with Crippen molar-refractivity contribution in [2.45, 2.75) is 52.4 Å². The van der Waals surface area contributed by atoms with Crippen LogP contribution in [-0.2, 0) is 9.53 Å². The van der Waals surface area contributed by atoms with Gasteiger partial charge in [0.1, 0.15) is 6.23 Å². The van der Waals surface area contributed by atoms with Crippen LogP contribution in [0.25, 0.3) is 0 Å². The van der Waals surface area contributed by atoms with Crippen LogP contribution in [0.1, 0.15) is 40.5 Å². The molecule has 0 aliphatic heterocycles.